The predicted molar refractivity (Wildman–Crippen MR) is 95.6 cm³/mol. The summed E-state index contributed by atoms with van der Waals surface area (Å²) >= 11 is 1.58. The number of fused-ring (bicyclic) bond motifs is 1. The van der Waals surface area contributed by atoms with E-state index in [0.717, 1.165) is 37.0 Å². The van der Waals surface area contributed by atoms with Gasteiger partial charge in [0.1, 0.15) is 0 Å². The SMILES string of the molecule is Cn1cnc2cc(C(=O)Nc3ncc(C4CCNCC4)s3)ccc21. The highest BCUT2D eigenvalue weighted by molar-refractivity contribution is 7.15. The van der Waals surface area contributed by atoms with E-state index < -0.39 is 0 Å². The molecule has 3 aromatic rings. The molecule has 0 saturated carbocycles. The molecule has 4 rings (SSSR count). The summed E-state index contributed by atoms with van der Waals surface area (Å²) in [6.07, 6.45) is 5.91. The Labute approximate surface area is 143 Å². The van der Waals surface area contributed by atoms with E-state index in [4.69, 9.17) is 0 Å². The summed E-state index contributed by atoms with van der Waals surface area (Å²) in [7, 11) is 1.94. The summed E-state index contributed by atoms with van der Waals surface area (Å²) in [5.74, 6) is 0.410. The largest absolute Gasteiger partial charge is 0.334 e. The zero-order valence-electron chi connectivity index (χ0n) is 13.5. The molecule has 1 saturated heterocycles. The molecule has 0 bridgehead atoms. The number of nitrogens with one attached hydrogen (secondary N) is 2. The number of aryl methyl sites for hydroxylation is 1. The molecular weight excluding hydrogens is 322 g/mol. The number of rotatable bonds is 3. The van der Waals surface area contributed by atoms with Crippen molar-refractivity contribution < 1.29 is 4.79 Å². The number of hydrogen-bond donors (Lipinski definition) is 2. The molecule has 24 heavy (non-hydrogen) atoms. The summed E-state index contributed by atoms with van der Waals surface area (Å²) in [5, 5.41) is 6.94. The molecule has 1 aliphatic rings. The van der Waals surface area contributed by atoms with Crippen LogP contribution in [0.3, 0.4) is 0 Å². The minimum absolute atomic E-state index is 0.145. The van der Waals surface area contributed by atoms with Crippen LogP contribution >= 0.6 is 11.3 Å². The summed E-state index contributed by atoms with van der Waals surface area (Å²) < 4.78 is 1.93. The van der Waals surface area contributed by atoms with Crippen molar-refractivity contribution >= 4 is 33.4 Å². The monoisotopic (exact) mass is 341 g/mol. The van der Waals surface area contributed by atoms with Gasteiger partial charge in [-0.2, -0.15) is 0 Å². The number of carbonyl (C=O) groups is 1. The van der Waals surface area contributed by atoms with Crippen molar-refractivity contribution in [3.63, 3.8) is 0 Å². The number of thiazole rings is 1. The van der Waals surface area contributed by atoms with Gasteiger partial charge in [-0.3, -0.25) is 10.1 Å². The molecule has 2 N–H and O–H groups in total. The molecule has 0 unspecified atom stereocenters. The number of nitrogens with zero attached hydrogens (tertiary/aromatic N) is 3. The number of amides is 1. The van der Waals surface area contributed by atoms with E-state index in [2.05, 4.69) is 20.6 Å². The van der Waals surface area contributed by atoms with E-state index in [1.54, 1.807) is 17.7 Å². The average Bonchev–Trinajstić information content (AvgIpc) is 3.22. The average molecular weight is 341 g/mol. The van der Waals surface area contributed by atoms with Crippen LogP contribution in [0.5, 0.6) is 0 Å². The standard InChI is InChI=1S/C17H19N5OS/c1-22-10-20-13-8-12(2-3-14(13)22)16(23)21-17-19-9-15(24-17)11-4-6-18-7-5-11/h2-3,8-11,18H,4-7H2,1H3,(H,19,21,23). The topological polar surface area (TPSA) is 71.8 Å². The first kappa shape index (κ1) is 15.3. The first-order chi connectivity index (χ1) is 11.7. The van der Waals surface area contributed by atoms with Crippen LogP contribution in [0.2, 0.25) is 0 Å². The lowest BCUT2D eigenvalue weighted by Crippen LogP contribution is -2.26. The van der Waals surface area contributed by atoms with Crippen molar-refractivity contribution in [3.05, 3.63) is 41.2 Å². The van der Waals surface area contributed by atoms with Crippen molar-refractivity contribution in [3.8, 4) is 0 Å². The maximum absolute atomic E-state index is 12.5. The zero-order valence-corrected chi connectivity index (χ0v) is 14.3. The maximum Gasteiger partial charge on any atom is 0.257 e. The highest BCUT2D eigenvalue weighted by Crippen LogP contribution is 2.31. The van der Waals surface area contributed by atoms with Crippen LogP contribution < -0.4 is 10.6 Å². The first-order valence-corrected chi connectivity index (χ1v) is 8.91. The van der Waals surface area contributed by atoms with E-state index in [-0.39, 0.29) is 5.91 Å². The summed E-state index contributed by atoms with van der Waals surface area (Å²) in [5.41, 5.74) is 2.42. The van der Waals surface area contributed by atoms with Crippen molar-refractivity contribution in [2.75, 3.05) is 18.4 Å². The van der Waals surface area contributed by atoms with Crippen molar-refractivity contribution in [2.24, 2.45) is 7.05 Å². The quantitative estimate of drug-likeness (QED) is 0.768. The summed E-state index contributed by atoms with van der Waals surface area (Å²) in [6, 6.07) is 5.55. The smallest absolute Gasteiger partial charge is 0.257 e. The Hall–Kier alpha value is -2.25. The van der Waals surface area contributed by atoms with Gasteiger partial charge in [-0.1, -0.05) is 0 Å². The van der Waals surface area contributed by atoms with Crippen LogP contribution in [0.1, 0.15) is 34.0 Å². The van der Waals surface area contributed by atoms with Gasteiger partial charge in [-0.15, -0.1) is 11.3 Å². The second-order valence-electron chi connectivity index (χ2n) is 6.11. The van der Waals surface area contributed by atoms with Gasteiger partial charge in [0.05, 0.1) is 17.4 Å². The molecule has 1 amide bonds. The van der Waals surface area contributed by atoms with Crippen LogP contribution in [0.25, 0.3) is 11.0 Å². The second-order valence-corrected chi connectivity index (χ2v) is 7.17. The molecule has 0 aliphatic carbocycles. The van der Waals surface area contributed by atoms with Crippen LogP contribution in [0.15, 0.2) is 30.7 Å². The van der Waals surface area contributed by atoms with Crippen molar-refractivity contribution in [1.82, 2.24) is 19.9 Å². The van der Waals surface area contributed by atoms with E-state index >= 15 is 0 Å². The number of anilines is 1. The minimum atomic E-state index is -0.145. The van der Waals surface area contributed by atoms with Gasteiger partial charge in [-0.05, 0) is 50.0 Å². The fourth-order valence-electron chi connectivity index (χ4n) is 3.09. The van der Waals surface area contributed by atoms with E-state index in [0.29, 0.717) is 16.6 Å². The lowest BCUT2D eigenvalue weighted by molar-refractivity contribution is 0.102. The maximum atomic E-state index is 12.5. The number of hydrogen-bond acceptors (Lipinski definition) is 5. The molecule has 0 spiro atoms. The van der Waals surface area contributed by atoms with Gasteiger partial charge in [0.15, 0.2) is 5.13 Å². The Balaban J connectivity index is 1.49. The predicted octanol–water partition coefficient (Wildman–Crippen LogP) is 2.75. The Morgan fingerprint density at radius 3 is 3.00 bits per heavy atom. The highest BCUT2D eigenvalue weighted by atomic mass is 32.1. The molecule has 2 aromatic heterocycles. The normalized spacial score (nSPS) is 15.7. The van der Waals surface area contributed by atoms with Crippen LogP contribution in [0.4, 0.5) is 5.13 Å². The fraction of sp³-hybridized carbons (Fsp3) is 0.353. The Bertz CT molecular complexity index is 878. The molecule has 0 atom stereocenters. The van der Waals surface area contributed by atoms with Gasteiger partial charge in [-0.25, -0.2) is 9.97 Å². The van der Waals surface area contributed by atoms with E-state index in [1.165, 1.54) is 4.88 Å². The lowest BCUT2D eigenvalue weighted by Gasteiger charge is -2.20. The second kappa shape index (κ2) is 6.33. The molecule has 0 radical (unpaired) electrons. The molecule has 3 heterocycles. The van der Waals surface area contributed by atoms with E-state index in [9.17, 15) is 4.79 Å². The Morgan fingerprint density at radius 1 is 1.33 bits per heavy atom. The number of imidazole rings is 1. The molecule has 1 aliphatic heterocycles. The number of carbonyl (C=O) groups excluding carboxylic acids is 1. The molecular formula is C17H19N5OS. The number of piperidine rings is 1. The third-order valence-corrected chi connectivity index (χ3v) is 5.55. The van der Waals surface area contributed by atoms with Gasteiger partial charge in [0.25, 0.3) is 5.91 Å². The molecule has 1 aromatic carbocycles. The van der Waals surface area contributed by atoms with E-state index in [1.807, 2.05) is 36.0 Å². The summed E-state index contributed by atoms with van der Waals surface area (Å²) in [6.45, 7) is 2.10. The first-order valence-electron chi connectivity index (χ1n) is 8.09. The Morgan fingerprint density at radius 2 is 2.17 bits per heavy atom. The third-order valence-electron chi connectivity index (χ3n) is 4.47. The van der Waals surface area contributed by atoms with Gasteiger partial charge >= 0.3 is 0 Å². The Kier molecular flexibility index (Phi) is 4.03. The fourth-order valence-corrected chi connectivity index (χ4v) is 4.07. The van der Waals surface area contributed by atoms with Gasteiger partial charge in [0, 0.05) is 23.7 Å². The minimum Gasteiger partial charge on any atom is -0.334 e. The third kappa shape index (κ3) is 2.92. The molecule has 124 valence electrons. The molecule has 6 nitrogen and oxygen atoms in total. The van der Waals surface area contributed by atoms with Crippen LogP contribution in [0, 0.1) is 0 Å². The molecule has 1 fully saturated rings. The van der Waals surface area contributed by atoms with Gasteiger partial charge < -0.3 is 9.88 Å². The van der Waals surface area contributed by atoms with Crippen molar-refractivity contribution in [2.45, 2.75) is 18.8 Å². The number of aromatic nitrogens is 3. The van der Waals surface area contributed by atoms with Crippen LogP contribution in [-0.2, 0) is 7.05 Å². The zero-order chi connectivity index (χ0) is 16.5. The lowest BCUT2D eigenvalue weighted by atomic mass is 9.97. The molecule has 7 heteroatoms. The summed E-state index contributed by atoms with van der Waals surface area (Å²) in [4.78, 5) is 22.4. The highest BCUT2D eigenvalue weighted by Gasteiger charge is 2.18. The van der Waals surface area contributed by atoms with Gasteiger partial charge in [0.2, 0.25) is 0 Å². The number of benzene rings is 1. The van der Waals surface area contributed by atoms with Crippen LogP contribution in [-0.4, -0.2) is 33.5 Å². The van der Waals surface area contributed by atoms with Crippen molar-refractivity contribution in [1.29, 1.82) is 0 Å².